The Morgan fingerprint density at radius 2 is 2.00 bits per heavy atom. The van der Waals surface area contributed by atoms with Crippen molar-refractivity contribution in [2.75, 3.05) is 19.7 Å². The molecule has 0 aliphatic heterocycles. The summed E-state index contributed by atoms with van der Waals surface area (Å²) in [5, 5.41) is 6.39. The van der Waals surface area contributed by atoms with Crippen molar-refractivity contribution in [1.29, 1.82) is 0 Å². The Hall–Kier alpha value is -0.680. The van der Waals surface area contributed by atoms with Crippen LogP contribution in [0.25, 0.3) is 0 Å². The van der Waals surface area contributed by atoms with Crippen LogP contribution in [0.1, 0.15) is 40.5 Å². The van der Waals surface area contributed by atoms with E-state index in [0.29, 0.717) is 17.5 Å². The van der Waals surface area contributed by atoms with E-state index in [9.17, 15) is 4.79 Å². The van der Waals surface area contributed by atoms with Gasteiger partial charge in [0.1, 0.15) is 6.54 Å². The van der Waals surface area contributed by atoms with Crippen molar-refractivity contribution < 1.29 is 9.53 Å². The zero-order valence-electron chi connectivity index (χ0n) is 11.9. The first-order valence-corrected chi connectivity index (χ1v) is 7.10. The van der Waals surface area contributed by atoms with Gasteiger partial charge in [-0.15, -0.1) is 0 Å². The van der Waals surface area contributed by atoms with E-state index in [1.54, 1.807) is 6.92 Å². The van der Waals surface area contributed by atoms with Crippen molar-refractivity contribution in [3.8, 4) is 0 Å². The van der Waals surface area contributed by atoms with Gasteiger partial charge in [-0.1, -0.05) is 39.4 Å². The molecule has 0 radical (unpaired) electrons. The van der Waals surface area contributed by atoms with Gasteiger partial charge in [0, 0.05) is 0 Å². The molecule has 0 saturated carbocycles. The first-order chi connectivity index (χ1) is 8.52. The minimum absolute atomic E-state index is 0.112. The predicted octanol–water partition coefficient (Wildman–Crippen LogP) is 1.88. The highest BCUT2D eigenvalue weighted by Crippen LogP contribution is 2.03. The highest BCUT2D eigenvalue weighted by Gasteiger charge is 2.18. The van der Waals surface area contributed by atoms with Crippen LogP contribution in [0.15, 0.2) is 0 Å². The van der Waals surface area contributed by atoms with E-state index in [-0.39, 0.29) is 18.6 Å². The summed E-state index contributed by atoms with van der Waals surface area (Å²) in [5.74, 6) is 0.125. The van der Waals surface area contributed by atoms with Gasteiger partial charge in [0.25, 0.3) is 0 Å². The fourth-order valence-corrected chi connectivity index (χ4v) is 1.97. The fraction of sp³-hybridized carbons (Fsp3) is 0.846. The van der Waals surface area contributed by atoms with Gasteiger partial charge in [-0.05, 0) is 25.8 Å². The largest absolute Gasteiger partial charge is 0.465 e. The molecule has 0 amide bonds. The summed E-state index contributed by atoms with van der Waals surface area (Å²) in [7, 11) is 0. The Labute approximate surface area is 116 Å². The number of esters is 1. The van der Waals surface area contributed by atoms with Gasteiger partial charge in [0.15, 0.2) is 0 Å². The molecule has 0 aromatic carbocycles. The summed E-state index contributed by atoms with van der Waals surface area (Å²) >= 11 is 5.32. The van der Waals surface area contributed by atoms with Gasteiger partial charge in [0.2, 0.25) is 0 Å². The third-order valence-electron chi connectivity index (χ3n) is 2.56. The summed E-state index contributed by atoms with van der Waals surface area (Å²) in [5.41, 5.74) is 0. The van der Waals surface area contributed by atoms with E-state index >= 15 is 0 Å². The molecule has 0 aliphatic carbocycles. The van der Waals surface area contributed by atoms with Crippen molar-refractivity contribution in [3.63, 3.8) is 0 Å². The van der Waals surface area contributed by atoms with E-state index in [0.717, 1.165) is 19.4 Å². The first kappa shape index (κ1) is 17.3. The lowest BCUT2D eigenvalue weighted by atomic mass is 10.0. The van der Waals surface area contributed by atoms with E-state index in [1.165, 1.54) is 0 Å². The Morgan fingerprint density at radius 3 is 2.50 bits per heavy atom. The topological polar surface area (TPSA) is 50.4 Å². The number of nitrogens with one attached hydrogen (secondary N) is 2. The van der Waals surface area contributed by atoms with Crippen LogP contribution in [0.5, 0.6) is 0 Å². The maximum Gasteiger partial charge on any atom is 0.325 e. The third kappa shape index (κ3) is 7.61. The second-order valence-electron chi connectivity index (χ2n) is 4.55. The van der Waals surface area contributed by atoms with E-state index < -0.39 is 0 Å². The van der Waals surface area contributed by atoms with Crippen LogP contribution in [-0.2, 0) is 9.53 Å². The Bertz CT molecular complexity index is 257. The minimum Gasteiger partial charge on any atom is -0.465 e. The molecule has 0 heterocycles. The Balaban J connectivity index is 4.09. The molecule has 1 atom stereocenters. The maximum absolute atomic E-state index is 11.2. The standard InChI is InChI=1S/C13H26N2O2S/c1-5-7-8-14-12(10(3)4)13(18)15-9-11(16)17-6-2/h10,12,14H,5-9H2,1-4H3,(H,15,18). The third-order valence-corrected chi connectivity index (χ3v) is 2.95. The second-order valence-corrected chi connectivity index (χ2v) is 4.99. The summed E-state index contributed by atoms with van der Waals surface area (Å²) in [6, 6.07) is 0.112. The number of hydrogen-bond acceptors (Lipinski definition) is 4. The fourth-order valence-electron chi connectivity index (χ4n) is 1.55. The van der Waals surface area contributed by atoms with E-state index in [1.807, 2.05) is 0 Å². The van der Waals surface area contributed by atoms with Gasteiger partial charge in [-0.3, -0.25) is 4.79 Å². The molecule has 0 bridgehead atoms. The molecule has 0 aliphatic rings. The van der Waals surface area contributed by atoms with Crippen molar-refractivity contribution in [2.24, 2.45) is 5.92 Å². The number of carbonyl (C=O) groups is 1. The van der Waals surface area contributed by atoms with Crippen molar-refractivity contribution >= 4 is 23.2 Å². The second kappa shape index (κ2) is 10.3. The number of ether oxygens (including phenoxy) is 1. The predicted molar refractivity (Wildman–Crippen MR) is 78.8 cm³/mol. The molecule has 0 aromatic heterocycles. The molecule has 0 rings (SSSR count). The van der Waals surface area contributed by atoms with E-state index in [2.05, 4.69) is 31.4 Å². The SMILES string of the molecule is CCCCNC(C(=S)NCC(=O)OCC)C(C)C. The van der Waals surface area contributed by atoms with Gasteiger partial charge in [-0.25, -0.2) is 0 Å². The highest BCUT2D eigenvalue weighted by molar-refractivity contribution is 7.80. The number of hydrogen-bond donors (Lipinski definition) is 2. The molecular formula is C13H26N2O2S. The van der Waals surface area contributed by atoms with Gasteiger partial charge in [0.05, 0.1) is 17.6 Å². The molecule has 106 valence electrons. The molecule has 5 heteroatoms. The zero-order valence-corrected chi connectivity index (χ0v) is 12.7. The normalized spacial score (nSPS) is 12.3. The van der Waals surface area contributed by atoms with Crippen LogP contribution < -0.4 is 10.6 Å². The quantitative estimate of drug-likeness (QED) is 0.382. The average Bonchev–Trinajstić information content (AvgIpc) is 2.31. The van der Waals surface area contributed by atoms with Crippen LogP contribution >= 0.6 is 12.2 Å². The van der Waals surface area contributed by atoms with Gasteiger partial charge >= 0.3 is 5.97 Å². The highest BCUT2D eigenvalue weighted by atomic mass is 32.1. The molecule has 0 spiro atoms. The van der Waals surface area contributed by atoms with Crippen molar-refractivity contribution in [1.82, 2.24) is 10.6 Å². The number of rotatable bonds is 9. The molecule has 0 aromatic rings. The monoisotopic (exact) mass is 274 g/mol. The molecule has 18 heavy (non-hydrogen) atoms. The van der Waals surface area contributed by atoms with Crippen LogP contribution in [0.2, 0.25) is 0 Å². The zero-order chi connectivity index (χ0) is 14.0. The van der Waals surface area contributed by atoms with E-state index in [4.69, 9.17) is 17.0 Å². The maximum atomic E-state index is 11.2. The summed E-state index contributed by atoms with van der Waals surface area (Å²) in [4.78, 5) is 11.9. The molecule has 0 fully saturated rings. The smallest absolute Gasteiger partial charge is 0.325 e. The minimum atomic E-state index is -0.268. The lowest BCUT2D eigenvalue weighted by Crippen LogP contribution is -2.48. The van der Waals surface area contributed by atoms with Crippen molar-refractivity contribution in [3.05, 3.63) is 0 Å². The summed E-state index contributed by atoms with van der Waals surface area (Å²) < 4.78 is 4.85. The molecule has 1 unspecified atom stereocenters. The van der Waals surface area contributed by atoms with Crippen LogP contribution in [0, 0.1) is 5.92 Å². The summed E-state index contributed by atoms with van der Waals surface area (Å²) in [6.07, 6.45) is 2.28. The molecule has 0 saturated heterocycles. The lowest BCUT2D eigenvalue weighted by Gasteiger charge is -2.24. The van der Waals surface area contributed by atoms with Crippen LogP contribution in [0.4, 0.5) is 0 Å². The Kier molecular flexibility index (Phi) is 9.87. The van der Waals surface area contributed by atoms with Crippen LogP contribution in [-0.4, -0.2) is 36.7 Å². The first-order valence-electron chi connectivity index (χ1n) is 6.69. The van der Waals surface area contributed by atoms with Gasteiger partial charge in [-0.2, -0.15) is 0 Å². The Morgan fingerprint density at radius 1 is 1.33 bits per heavy atom. The van der Waals surface area contributed by atoms with Crippen molar-refractivity contribution in [2.45, 2.75) is 46.6 Å². The van der Waals surface area contributed by atoms with Gasteiger partial charge < -0.3 is 15.4 Å². The average molecular weight is 274 g/mol. The lowest BCUT2D eigenvalue weighted by molar-refractivity contribution is -0.141. The summed E-state index contributed by atoms with van der Waals surface area (Å²) in [6.45, 7) is 9.66. The van der Waals surface area contributed by atoms with Crippen LogP contribution in [0.3, 0.4) is 0 Å². The molecule has 4 nitrogen and oxygen atoms in total. The number of carbonyl (C=O) groups excluding carboxylic acids is 1. The molecular weight excluding hydrogens is 248 g/mol. The number of unbranched alkanes of at least 4 members (excludes halogenated alkanes) is 1. The number of thiocarbonyl (C=S) groups is 1. The molecule has 2 N–H and O–H groups in total.